The van der Waals surface area contributed by atoms with Crippen molar-refractivity contribution in [1.29, 1.82) is 0 Å². The number of anilines is 2. The molecule has 38 heavy (non-hydrogen) atoms. The van der Waals surface area contributed by atoms with Gasteiger partial charge in [-0.1, -0.05) is 17.7 Å². The molecule has 196 valence electrons. The minimum Gasteiger partial charge on any atom is -0.454 e. The molecular formula is C28H29ClN6O2S. The Morgan fingerprint density at radius 2 is 2.03 bits per heavy atom. The van der Waals surface area contributed by atoms with Crippen molar-refractivity contribution in [3.05, 3.63) is 76.2 Å². The summed E-state index contributed by atoms with van der Waals surface area (Å²) in [5.41, 5.74) is 2.92. The van der Waals surface area contributed by atoms with Crippen molar-refractivity contribution in [2.45, 2.75) is 19.8 Å². The standard InChI is InChI=1S/C28H29ClN6O2S/c1-18-6-8-20(16-30-18)37-23-9-7-19(15-22(23)29)33-27-26-21-10-13-35(25(36)5-4-12-34(2)3)14-11-24(21)38-28(26)32-17-31-27/h4-9,15-17H,10-14H2,1-3H3,(H,31,32,33)/b5-4+. The molecule has 4 aromatic rings. The number of nitrogens with zero attached hydrogens (tertiary/aromatic N) is 5. The Morgan fingerprint density at radius 3 is 2.79 bits per heavy atom. The maximum absolute atomic E-state index is 12.7. The second-order valence-electron chi connectivity index (χ2n) is 9.40. The second-order valence-corrected chi connectivity index (χ2v) is 10.9. The third-order valence-corrected chi connectivity index (χ3v) is 7.76. The number of hydrogen-bond acceptors (Lipinski definition) is 8. The summed E-state index contributed by atoms with van der Waals surface area (Å²) in [4.78, 5) is 32.2. The lowest BCUT2D eigenvalue weighted by molar-refractivity contribution is -0.125. The number of hydrogen-bond donors (Lipinski definition) is 1. The Morgan fingerprint density at radius 1 is 1.18 bits per heavy atom. The third-order valence-electron chi connectivity index (χ3n) is 6.26. The number of rotatable bonds is 7. The molecule has 1 amide bonds. The molecule has 1 aliphatic rings. The average molecular weight is 549 g/mol. The number of thiophene rings is 1. The molecule has 0 aliphatic carbocycles. The van der Waals surface area contributed by atoms with Gasteiger partial charge in [0.25, 0.3) is 0 Å². The molecule has 0 bridgehead atoms. The smallest absolute Gasteiger partial charge is 0.246 e. The Balaban J connectivity index is 1.34. The predicted molar refractivity (Wildman–Crippen MR) is 153 cm³/mol. The fourth-order valence-electron chi connectivity index (χ4n) is 4.32. The number of halogens is 1. The van der Waals surface area contributed by atoms with Crippen LogP contribution >= 0.6 is 22.9 Å². The molecule has 4 heterocycles. The van der Waals surface area contributed by atoms with Crippen molar-refractivity contribution in [1.82, 2.24) is 24.8 Å². The van der Waals surface area contributed by atoms with Crippen LogP contribution in [0.3, 0.4) is 0 Å². The van der Waals surface area contributed by atoms with Crippen molar-refractivity contribution in [3.63, 3.8) is 0 Å². The van der Waals surface area contributed by atoms with E-state index < -0.39 is 0 Å². The van der Waals surface area contributed by atoms with Crippen LogP contribution in [0.5, 0.6) is 11.5 Å². The summed E-state index contributed by atoms with van der Waals surface area (Å²) in [6, 6.07) is 9.30. The highest BCUT2D eigenvalue weighted by molar-refractivity contribution is 7.19. The molecule has 1 aliphatic heterocycles. The SMILES string of the molecule is Cc1ccc(Oc2ccc(Nc3ncnc4sc5c(c34)CCN(C(=O)/C=C/CN(C)C)CC5)cc2Cl)cn1. The zero-order valence-electron chi connectivity index (χ0n) is 21.6. The Bertz CT molecular complexity index is 1480. The number of likely N-dealkylation sites (N-methyl/N-ethyl adjacent to an activating group) is 1. The van der Waals surface area contributed by atoms with E-state index in [1.165, 1.54) is 10.4 Å². The van der Waals surface area contributed by atoms with Crippen LogP contribution < -0.4 is 10.1 Å². The molecule has 1 N–H and O–H groups in total. The molecule has 1 aromatic carbocycles. The van der Waals surface area contributed by atoms with Gasteiger partial charge in [-0.05, 0) is 69.8 Å². The first kappa shape index (κ1) is 26.1. The maximum Gasteiger partial charge on any atom is 0.246 e. The number of benzene rings is 1. The number of pyridine rings is 1. The van der Waals surface area contributed by atoms with Crippen LogP contribution in [0.25, 0.3) is 10.2 Å². The van der Waals surface area contributed by atoms with Gasteiger partial charge in [0.15, 0.2) is 0 Å². The van der Waals surface area contributed by atoms with E-state index in [0.717, 1.165) is 46.8 Å². The Hall–Kier alpha value is -3.53. The molecule has 0 unspecified atom stereocenters. The molecule has 0 atom stereocenters. The minimum atomic E-state index is 0.0549. The second kappa shape index (κ2) is 11.5. The monoisotopic (exact) mass is 548 g/mol. The zero-order chi connectivity index (χ0) is 26.6. The predicted octanol–water partition coefficient (Wildman–Crippen LogP) is 5.63. The quantitative estimate of drug-likeness (QED) is 0.300. The van der Waals surface area contributed by atoms with E-state index in [2.05, 4.69) is 20.3 Å². The van der Waals surface area contributed by atoms with Crippen LogP contribution in [-0.4, -0.2) is 64.4 Å². The summed E-state index contributed by atoms with van der Waals surface area (Å²) in [6.07, 6.45) is 8.40. The first-order valence-electron chi connectivity index (χ1n) is 12.4. The molecule has 5 rings (SSSR count). The molecule has 0 radical (unpaired) electrons. The van der Waals surface area contributed by atoms with E-state index in [-0.39, 0.29) is 5.91 Å². The number of ether oxygens (including phenoxy) is 1. The highest BCUT2D eigenvalue weighted by Gasteiger charge is 2.23. The zero-order valence-corrected chi connectivity index (χ0v) is 23.1. The van der Waals surface area contributed by atoms with Crippen LogP contribution in [0.15, 0.2) is 55.0 Å². The van der Waals surface area contributed by atoms with Gasteiger partial charge < -0.3 is 19.9 Å². The van der Waals surface area contributed by atoms with E-state index in [1.807, 2.05) is 67.2 Å². The fraction of sp³-hybridized carbons (Fsp3) is 0.286. The van der Waals surface area contributed by atoms with E-state index in [1.54, 1.807) is 29.9 Å². The van der Waals surface area contributed by atoms with Crippen molar-refractivity contribution >= 4 is 50.6 Å². The van der Waals surface area contributed by atoms with Crippen LogP contribution in [-0.2, 0) is 17.6 Å². The van der Waals surface area contributed by atoms with Crippen molar-refractivity contribution in [2.24, 2.45) is 0 Å². The van der Waals surface area contributed by atoms with Gasteiger partial charge in [0.2, 0.25) is 5.91 Å². The minimum absolute atomic E-state index is 0.0549. The average Bonchev–Trinajstić information content (AvgIpc) is 3.12. The Kier molecular flexibility index (Phi) is 7.87. The molecule has 0 spiro atoms. The van der Waals surface area contributed by atoms with Gasteiger partial charge >= 0.3 is 0 Å². The summed E-state index contributed by atoms with van der Waals surface area (Å²) < 4.78 is 5.90. The van der Waals surface area contributed by atoms with Gasteiger partial charge in [-0.3, -0.25) is 9.78 Å². The van der Waals surface area contributed by atoms with Crippen LogP contribution in [0.1, 0.15) is 16.1 Å². The van der Waals surface area contributed by atoms with E-state index in [9.17, 15) is 4.79 Å². The van der Waals surface area contributed by atoms with E-state index in [4.69, 9.17) is 16.3 Å². The molecule has 0 saturated heterocycles. The summed E-state index contributed by atoms with van der Waals surface area (Å²) >= 11 is 8.22. The first-order valence-corrected chi connectivity index (χ1v) is 13.6. The number of fused-ring (bicyclic) bond motifs is 3. The lowest BCUT2D eigenvalue weighted by Gasteiger charge is -2.18. The van der Waals surface area contributed by atoms with Crippen LogP contribution in [0.4, 0.5) is 11.5 Å². The fourth-order valence-corrected chi connectivity index (χ4v) is 5.72. The van der Waals surface area contributed by atoms with Gasteiger partial charge in [-0.25, -0.2) is 9.97 Å². The number of carbonyl (C=O) groups is 1. The van der Waals surface area contributed by atoms with E-state index >= 15 is 0 Å². The molecular weight excluding hydrogens is 520 g/mol. The highest BCUT2D eigenvalue weighted by Crippen LogP contribution is 2.38. The molecule has 8 nitrogen and oxygen atoms in total. The van der Waals surface area contributed by atoms with Gasteiger partial charge in [0.05, 0.1) is 16.6 Å². The number of amides is 1. The van der Waals surface area contributed by atoms with Crippen LogP contribution in [0.2, 0.25) is 5.02 Å². The maximum atomic E-state index is 12.7. The summed E-state index contributed by atoms with van der Waals surface area (Å²) in [5, 5.41) is 4.90. The third kappa shape index (κ3) is 5.96. The lowest BCUT2D eigenvalue weighted by Crippen LogP contribution is -2.32. The molecule has 0 fully saturated rings. The number of nitrogens with one attached hydrogen (secondary N) is 1. The highest BCUT2D eigenvalue weighted by atomic mass is 35.5. The van der Waals surface area contributed by atoms with Gasteiger partial charge in [-0.2, -0.15) is 0 Å². The van der Waals surface area contributed by atoms with Crippen molar-refractivity contribution in [3.8, 4) is 11.5 Å². The summed E-state index contributed by atoms with van der Waals surface area (Å²) in [7, 11) is 3.97. The topological polar surface area (TPSA) is 83.5 Å². The van der Waals surface area contributed by atoms with Crippen molar-refractivity contribution < 1.29 is 9.53 Å². The number of carbonyl (C=O) groups excluding carboxylic acids is 1. The van der Waals surface area contributed by atoms with E-state index in [0.29, 0.717) is 29.6 Å². The molecule has 10 heteroatoms. The van der Waals surface area contributed by atoms with Gasteiger partial charge in [0, 0.05) is 42.0 Å². The Labute approximate surface area is 230 Å². The summed E-state index contributed by atoms with van der Waals surface area (Å²) in [5.74, 6) is 1.95. The molecule has 3 aromatic heterocycles. The van der Waals surface area contributed by atoms with Gasteiger partial charge in [0.1, 0.15) is 28.5 Å². The first-order chi connectivity index (χ1) is 18.4. The van der Waals surface area contributed by atoms with Crippen molar-refractivity contribution in [2.75, 3.05) is 39.0 Å². The summed E-state index contributed by atoms with van der Waals surface area (Å²) in [6.45, 7) is 4.01. The number of aromatic nitrogens is 3. The van der Waals surface area contributed by atoms with Crippen LogP contribution in [0, 0.1) is 6.92 Å². The molecule has 0 saturated carbocycles. The number of aryl methyl sites for hydroxylation is 1. The normalized spacial score (nSPS) is 13.7. The largest absolute Gasteiger partial charge is 0.454 e. The lowest BCUT2D eigenvalue weighted by atomic mass is 10.1. The van der Waals surface area contributed by atoms with Gasteiger partial charge in [-0.15, -0.1) is 11.3 Å².